The second kappa shape index (κ2) is 8.17. The minimum Gasteiger partial charge on any atom is -0.349 e. The third-order valence-corrected chi connectivity index (χ3v) is 5.85. The van der Waals surface area contributed by atoms with Crippen molar-refractivity contribution in [2.24, 2.45) is 0 Å². The number of hydrogen-bond donors (Lipinski definition) is 1. The molecule has 2 aliphatic rings. The Morgan fingerprint density at radius 2 is 1.85 bits per heavy atom. The fraction of sp³-hybridized carbons (Fsp3) is 0.455. The molecule has 27 heavy (non-hydrogen) atoms. The molecule has 0 unspecified atom stereocenters. The summed E-state index contributed by atoms with van der Waals surface area (Å²) in [4.78, 5) is 19.5. The van der Waals surface area contributed by atoms with Gasteiger partial charge in [0.05, 0.1) is 11.3 Å². The van der Waals surface area contributed by atoms with Crippen LogP contribution in [-0.4, -0.2) is 41.0 Å². The summed E-state index contributed by atoms with van der Waals surface area (Å²) in [5.41, 5.74) is 1.92. The molecule has 1 aromatic carbocycles. The average molecular weight is 367 g/mol. The Labute approximate surface area is 159 Å². The molecule has 2 heterocycles. The second-order valence-corrected chi connectivity index (χ2v) is 7.66. The highest BCUT2D eigenvalue weighted by Crippen LogP contribution is 2.26. The average Bonchev–Trinajstić information content (AvgIpc) is 3.23. The van der Waals surface area contributed by atoms with Crippen LogP contribution in [0.3, 0.4) is 0 Å². The number of piperidine rings is 1. The molecule has 5 heteroatoms. The van der Waals surface area contributed by atoms with Gasteiger partial charge in [-0.2, -0.15) is 0 Å². The fourth-order valence-electron chi connectivity index (χ4n) is 4.29. The van der Waals surface area contributed by atoms with Gasteiger partial charge in [-0.25, -0.2) is 4.39 Å². The van der Waals surface area contributed by atoms with Gasteiger partial charge in [0.15, 0.2) is 0 Å². The van der Waals surface area contributed by atoms with E-state index in [2.05, 4.69) is 15.2 Å². The molecule has 1 aliphatic carbocycles. The molecule has 0 bridgehead atoms. The van der Waals surface area contributed by atoms with Gasteiger partial charge in [-0.05, 0) is 49.9 Å². The van der Waals surface area contributed by atoms with Crippen LogP contribution in [0.5, 0.6) is 0 Å². The van der Waals surface area contributed by atoms with E-state index in [1.807, 2.05) is 6.07 Å². The number of aromatic nitrogens is 1. The Balaban J connectivity index is 1.32. The Bertz CT molecular complexity index is 778. The molecule has 142 valence electrons. The molecule has 1 aromatic heterocycles. The number of benzene rings is 1. The van der Waals surface area contributed by atoms with E-state index in [0.29, 0.717) is 16.8 Å². The lowest BCUT2D eigenvalue weighted by molar-refractivity contribution is 0.0892. The normalized spacial score (nSPS) is 19.3. The van der Waals surface area contributed by atoms with Crippen LogP contribution in [0.2, 0.25) is 0 Å². The quantitative estimate of drug-likeness (QED) is 0.888. The number of nitrogens with one attached hydrogen (secondary N) is 1. The van der Waals surface area contributed by atoms with Gasteiger partial charge < -0.3 is 10.2 Å². The first-order chi connectivity index (χ1) is 13.2. The molecule has 1 saturated carbocycles. The molecule has 4 rings (SSSR count). The molecular weight excluding hydrogens is 341 g/mol. The first-order valence-corrected chi connectivity index (χ1v) is 9.96. The van der Waals surface area contributed by atoms with E-state index in [9.17, 15) is 9.18 Å². The Morgan fingerprint density at radius 3 is 2.52 bits per heavy atom. The lowest BCUT2D eigenvalue weighted by Gasteiger charge is -2.36. The van der Waals surface area contributed by atoms with E-state index >= 15 is 0 Å². The molecule has 0 radical (unpaired) electrons. The summed E-state index contributed by atoms with van der Waals surface area (Å²) in [7, 11) is 0. The maximum Gasteiger partial charge on any atom is 0.253 e. The molecule has 2 fully saturated rings. The Morgan fingerprint density at radius 1 is 1.07 bits per heavy atom. The lowest BCUT2D eigenvalue weighted by Crippen LogP contribution is -2.47. The van der Waals surface area contributed by atoms with Crippen LogP contribution in [0.25, 0.3) is 11.3 Å². The number of hydrogen-bond acceptors (Lipinski definition) is 3. The van der Waals surface area contributed by atoms with Gasteiger partial charge in [0.1, 0.15) is 5.82 Å². The topological polar surface area (TPSA) is 45.2 Å². The van der Waals surface area contributed by atoms with Crippen molar-refractivity contribution in [3.63, 3.8) is 0 Å². The predicted molar refractivity (Wildman–Crippen MR) is 104 cm³/mol. The summed E-state index contributed by atoms with van der Waals surface area (Å²) >= 11 is 0. The number of amides is 1. The summed E-state index contributed by atoms with van der Waals surface area (Å²) in [5.74, 6) is -0.368. The summed E-state index contributed by atoms with van der Waals surface area (Å²) in [6, 6.07) is 10.8. The van der Waals surface area contributed by atoms with Gasteiger partial charge in [-0.15, -0.1) is 0 Å². The zero-order valence-corrected chi connectivity index (χ0v) is 15.5. The highest BCUT2D eigenvalue weighted by Gasteiger charge is 2.27. The molecule has 0 atom stereocenters. The molecule has 1 amide bonds. The molecule has 1 aliphatic heterocycles. The van der Waals surface area contributed by atoms with Crippen molar-refractivity contribution in [2.75, 3.05) is 13.1 Å². The van der Waals surface area contributed by atoms with Crippen LogP contribution in [0, 0.1) is 5.82 Å². The van der Waals surface area contributed by atoms with E-state index in [1.165, 1.54) is 37.8 Å². The van der Waals surface area contributed by atoms with Crippen molar-refractivity contribution in [3.05, 3.63) is 54.0 Å². The van der Waals surface area contributed by atoms with E-state index in [-0.39, 0.29) is 17.8 Å². The smallest absolute Gasteiger partial charge is 0.253 e. The van der Waals surface area contributed by atoms with Gasteiger partial charge in [0.25, 0.3) is 5.91 Å². The number of carbonyl (C=O) groups excluding carboxylic acids is 1. The summed E-state index contributed by atoms with van der Waals surface area (Å²) in [6.45, 7) is 2.15. The zero-order valence-electron chi connectivity index (χ0n) is 15.5. The van der Waals surface area contributed by atoms with Gasteiger partial charge >= 0.3 is 0 Å². The minimum atomic E-state index is -0.292. The maximum atomic E-state index is 13.4. The monoisotopic (exact) mass is 367 g/mol. The largest absolute Gasteiger partial charge is 0.349 e. The van der Waals surface area contributed by atoms with E-state index in [1.54, 1.807) is 24.4 Å². The van der Waals surface area contributed by atoms with E-state index in [0.717, 1.165) is 32.0 Å². The first kappa shape index (κ1) is 18.1. The van der Waals surface area contributed by atoms with Gasteiger partial charge in [0, 0.05) is 36.9 Å². The van der Waals surface area contributed by atoms with Gasteiger partial charge in [0.2, 0.25) is 0 Å². The number of rotatable bonds is 4. The first-order valence-electron chi connectivity index (χ1n) is 9.96. The zero-order chi connectivity index (χ0) is 18.6. The van der Waals surface area contributed by atoms with Gasteiger partial charge in [-0.1, -0.05) is 25.0 Å². The van der Waals surface area contributed by atoms with E-state index in [4.69, 9.17) is 0 Å². The fourth-order valence-corrected chi connectivity index (χ4v) is 4.29. The standard InChI is InChI=1S/C22H26FN3O/c23-18-5-3-4-16(14-18)21-9-8-17(15-24-21)22(27)25-19-10-12-26(13-11-19)20-6-1-2-7-20/h3-5,8-9,14-15,19-20H,1-2,6-7,10-13H2,(H,25,27). The second-order valence-electron chi connectivity index (χ2n) is 7.66. The number of likely N-dealkylation sites (tertiary alicyclic amines) is 1. The number of halogens is 1. The van der Waals surface area contributed by atoms with Crippen LogP contribution < -0.4 is 5.32 Å². The summed E-state index contributed by atoms with van der Waals surface area (Å²) in [5, 5.41) is 3.15. The van der Waals surface area contributed by atoms with Crippen LogP contribution in [-0.2, 0) is 0 Å². The minimum absolute atomic E-state index is 0.0763. The van der Waals surface area contributed by atoms with Crippen molar-refractivity contribution in [1.29, 1.82) is 0 Å². The SMILES string of the molecule is O=C(NC1CCN(C2CCCC2)CC1)c1ccc(-c2cccc(F)c2)nc1. The number of carbonyl (C=O) groups is 1. The van der Waals surface area contributed by atoms with Crippen LogP contribution in [0.15, 0.2) is 42.6 Å². The third-order valence-electron chi connectivity index (χ3n) is 5.85. The predicted octanol–water partition coefficient (Wildman–Crippen LogP) is 4.02. The van der Waals surface area contributed by atoms with Crippen molar-refractivity contribution >= 4 is 5.91 Å². The van der Waals surface area contributed by atoms with Crippen LogP contribution in [0.4, 0.5) is 4.39 Å². The van der Waals surface area contributed by atoms with Crippen LogP contribution >= 0.6 is 0 Å². The van der Waals surface area contributed by atoms with Crippen molar-refractivity contribution < 1.29 is 9.18 Å². The van der Waals surface area contributed by atoms with E-state index < -0.39 is 0 Å². The summed E-state index contributed by atoms with van der Waals surface area (Å²) < 4.78 is 13.4. The highest BCUT2D eigenvalue weighted by molar-refractivity contribution is 5.94. The lowest BCUT2D eigenvalue weighted by atomic mass is 10.0. The number of nitrogens with zero attached hydrogens (tertiary/aromatic N) is 2. The van der Waals surface area contributed by atoms with Crippen molar-refractivity contribution in [3.8, 4) is 11.3 Å². The van der Waals surface area contributed by atoms with Crippen molar-refractivity contribution in [1.82, 2.24) is 15.2 Å². The highest BCUT2D eigenvalue weighted by atomic mass is 19.1. The van der Waals surface area contributed by atoms with Crippen molar-refractivity contribution in [2.45, 2.75) is 50.6 Å². The maximum absolute atomic E-state index is 13.4. The Kier molecular flexibility index (Phi) is 5.48. The molecule has 0 spiro atoms. The molecule has 1 saturated heterocycles. The third kappa shape index (κ3) is 4.35. The molecular formula is C22H26FN3O. The van der Waals surface area contributed by atoms with Crippen LogP contribution in [0.1, 0.15) is 48.9 Å². The molecule has 4 nitrogen and oxygen atoms in total. The molecule has 2 aromatic rings. The Hall–Kier alpha value is -2.27. The summed E-state index contributed by atoms with van der Waals surface area (Å²) in [6.07, 6.45) is 8.98. The molecule has 1 N–H and O–H groups in total. The van der Waals surface area contributed by atoms with Gasteiger partial charge in [-0.3, -0.25) is 9.78 Å². The number of pyridine rings is 1.